The predicted octanol–water partition coefficient (Wildman–Crippen LogP) is 5.31. The molecule has 0 saturated heterocycles. The van der Waals surface area contributed by atoms with E-state index in [2.05, 4.69) is 20.9 Å². The SMILES string of the molecule is FC(F)(F)CCCCn1c(CCCl)nc2cc(Br)ccc21. The van der Waals surface area contributed by atoms with E-state index in [0.29, 0.717) is 25.3 Å². The summed E-state index contributed by atoms with van der Waals surface area (Å²) in [5, 5.41) is 0. The molecular weight excluding hydrogens is 369 g/mol. The maximum atomic E-state index is 12.2. The molecule has 0 radical (unpaired) electrons. The van der Waals surface area contributed by atoms with E-state index in [4.69, 9.17) is 11.6 Å². The van der Waals surface area contributed by atoms with Gasteiger partial charge in [0.25, 0.3) is 0 Å². The van der Waals surface area contributed by atoms with Crippen molar-refractivity contribution >= 4 is 38.6 Å². The molecule has 0 N–H and O–H groups in total. The lowest BCUT2D eigenvalue weighted by molar-refractivity contribution is -0.135. The first kappa shape index (κ1) is 16.6. The molecule has 0 aliphatic heterocycles. The van der Waals surface area contributed by atoms with Crippen LogP contribution >= 0.6 is 27.5 Å². The molecule has 0 atom stereocenters. The number of benzene rings is 1. The zero-order chi connectivity index (χ0) is 15.5. The van der Waals surface area contributed by atoms with Gasteiger partial charge in [0.05, 0.1) is 11.0 Å². The van der Waals surface area contributed by atoms with Gasteiger partial charge in [0.2, 0.25) is 0 Å². The molecule has 0 fully saturated rings. The summed E-state index contributed by atoms with van der Waals surface area (Å²) in [6, 6.07) is 5.73. The number of aromatic nitrogens is 2. The van der Waals surface area contributed by atoms with Crippen LogP contribution in [-0.2, 0) is 13.0 Å². The molecule has 2 rings (SSSR count). The quantitative estimate of drug-likeness (QED) is 0.488. The van der Waals surface area contributed by atoms with E-state index in [9.17, 15) is 13.2 Å². The van der Waals surface area contributed by atoms with Gasteiger partial charge >= 0.3 is 6.18 Å². The van der Waals surface area contributed by atoms with Crippen LogP contribution in [-0.4, -0.2) is 21.6 Å². The molecule has 0 spiro atoms. The van der Waals surface area contributed by atoms with Crippen LogP contribution in [0.4, 0.5) is 13.2 Å². The molecule has 0 unspecified atom stereocenters. The lowest BCUT2D eigenvalue weighted by Gasteiger charge is -2.09. The third-order valence-electron chi connectivity index (χ3n) is 3.20. The van der Waals surface area contributed by atoms with Crippen LogP contribution in [0.1, 0.15) is 25.1 Å². The highest BCUT2D eigenvalue weighted by atomic mass is 79.9. The van der Waals surface area contributed by atoms with E-state index in [1.165, 1.54) is 0 Å². The lowest BCUT2D eigenvalue weighted by atomic mass is 10.2. The van der Waals surface area contributed by atoms with Gasteiger partial charge in [-0.3, -0.25) is 0 Å². The summed E-state index contributed by atoms with van der Waals surface area (Å²) in [6.45, 7) is 0.528. The van der Waals surface area contributed by atoms with Gasteiger partial charge in [-0.15, -0.1) is 11.6 Å². The Morgan fingerprint density at radius 2 is 2.00 bits per heavy atom. The van der Waals surface area contributed by atoms with Gasteiger partial charge in [-0.05, 0) is 31.0 Å². The number of imidazole rings is 1. The molecule has 1 aromatic heterocycles. The Balaban J connectivity index is 2.14. The molecule has 1 aromatic carbocycles. The van der Waals surface area contributed by atoms with Crippen LogP contribution in [0.25, 0.3) is 11.0 Å². The Morgan fingerprint density at radius 1 is 1.24 bits per heavy atom. The molecule has 2 aromatic rings. The number of fused-ring (bicyclic) bond motifs is 1. The van der Waals surface area contributed by atoms with Crippen molar-refractivity contribution < 1.29 is 13.2 Å². The zero-order valence-corrected chi connectivity index (χ0v) is 13.6. The second kappa shape index (κ2) is 7.01. The number of hydrogen-bond donors (Lipinski definition) is 0. The summed E-state index contributed by atoms with van der Waals surface area (Å²) in [6.07, 6.45) is -3.62. The molecule has 2 nitrogen and oxygen atoms in total. The van der Waals surface area contributed by atoms with Crippen LogP contribution < -0.4 is 0 Å². The van der Waals surface area contributed by atoms with Crippen molar-refractivity contribution in [1.29, 1.82) is 0 Å². The second-order valence-corrected chi connectivity index (χ2v) is 6.12. The third kappa shape index (κ3) is 4.61. The van der Waals surface area contributed by atoms with Crippen LogP contribution in [0.15, 0.2) is 22.7 Å². The van der Waals surface area contributed by atoms with Gasteiger partial charge < -0.3 is 4.57 Å². The highest BCUT2D eigenvalue weighted by Gasteiger charge is 2.25. The summed E-state index contributed by atoms with van der Waals surface area (Å²) in [7, 11) is 0. The number of unbranched alkanes of at least 4 members (excludes halogenated alkanes) is 1. The molecule has 1 heterocycles. The molecule has 116 valence electrons. The normalized spacial score (nSPS) is 12.2. The first-order chi connectivity index (χ1) is 9.90. The second-order valence-electron chi connectivity index (χ2n) is 4.82. The number of alkyl halides is 4. The Kier molecular flexibility index (Phi) is 5.54. The number of halogens is 5. The average molecular weight is 384 g/mol. The molecule has 21 heavy (non-hydrogen) atoms. The Hall–Kier alpha value is -0.750. The van der Waals surface area contributed by atoms with Gasteiger partial charge in [0.1, 0.15) is 5.82 Å². The largest absolute Gasteiger partial charge is 0.389 e. The molecular formula is C14H15BrClF3N2. The monoisotopic (exact) mass is 382 g/mol. The van der Waals surface area contributed by atoms with E-state index >= 15 is 0 Å². The van der Waals surface area contributed by atoms with Crippen molar-refractivity contribution in [3.8, 4) is 0 Å². The van der Waals surface area contributed by atoms with Crippen molar-refractivity contribution in [2.75, 3.05) is 5.88 Å². The van der Waals surface area contributed by atoms with Gasteiger partial charge in [-0.2, -0.15) is 13.2 Å². The highest BCUT2D eigenvalue weighted by Crippen LogP contribution is 2.24. The minimum absolute atomic E-state index is 0.125. The maximum absolute atomic E-state index is 12.2. The van der Waals surface area contributed by atoms with Crippen LogP contribution in [0.2, 0.25) is 0 Å². The standard InChI is InChI=1S/C14H15BrClF3N2/c15-10-3-4-12-11(9-10)20-13(5-7-16)21(12)8-2-1-6-14(17,18)19/h3-4,9H,1-2,5-8H2. The molecule has 0 bridgehead atoms. The van der Waals surface area contributed by atoms with Gasteiger partial charge in [0.15, 0.2) is 0 Å². The highest BCUT2D eigenvalue weighted by molar-refractivity contribution is 9.10. The summed E-state index contributed by atoms with van der Waals surface area (Å²) in [5.41, 5.74) is 1.77. The lowest BCUT2D eigenvalue weighted by Crippen LogP contribution is -2.09. The maximum Gasteiger partial charge on any atom is 0.389 e. The van der Waals surface area contributed by atoms with Crippen molar-refractivity contribution in [3.63, 3.8) is 0 Å². The van der Waals surface area contributed by atoms with Crippen LogP contribution in [0.5, 0.6) is 0 Å². The smallest absolute Gasteiger partial charge is 0.328 e. The summed E-state index contributed by atoms with van der Waals surface area (Å²) < 4.78 is 39.4. The van der Waals surface area contributed by atoms with Crippen LogP contribution in [0.3, 0.4) is 0 Å². The molecule has 0 amide bonds. The summed E-state index contributed by atoms with van der Waals surface area (Å²) in [4.78, 5) is 4.52. The van der Waals surface area contributed by atoms with E-state index < -0.39 is 12.6 Å². The van der Waals surface area contributed by atoms with Crippen LogP contribution in [0, 0.1) is 0 Å². The minimum atomic E-state index is -4.08. The van der Waals surface area contributed by atoms with Crippen molar-refractivity contribution in [3.05, 3.63) is 28.5 Å². The van der Waals surface area contributed by atoms with Crippen molar-refractivity contribution in [2.24, 2.45) is 0 Å². The fourth-order valence-corrected chi connectivity index (χ4v) is 2.79. The summed E-state index contributed by atoms with van der Waals surface area (Å²) in [5.74, 6) is 1.26. The van der Waals surface area contributed by atoms with E-state index in [0.717, 1.165) is 21.3 Å². The van der Waals surface area contributed by atoms with Crippen molar-refractivity contribution in [2.45, 2.75) is 38.4 Å². The van der Waals surface area contributed by atoms with Gasteiger partial charge in [-0.1, -0.05) is 15.9 Å². The van der Waals surface area contributed by atoms with E-state index in [-0.39, 0.29) is 6.42 Å². The number of rotatable bonds is 6. The molecule has 0 aliphatic carbocycles. The Bertz CT molecular complexity index is 610. The summed E-state index contributed by atoms with van der Waals surface area (Å²) >= 11 is 9.17. The molecule has 7 heteroatoms. The number of hydrogen-bond acceptors (Lipinski definition) is 1. The Labute approximate surface area is 134 Å². The first-order valence-corrected chi connectivity index (χ1v) is 8.01. The number of aryl methyl sites for hydroxylation is 2. The first-order valence-electron chi connectivity index (χ1n) is 6.68. The van der Waals surface area contributed by atoms with Gasteiger partial charge in [-0.25, -0.2) is 4.98 Å². The molecule has 0 aliphatic rings. The average Bonchev–Trinajstić information content (AvgIpc) is 2.71. The Morgan fingerprint density at radius 3 is 2.67 bits per heavy atom. The third-order valence-corrected chi connectivity index (χ3v) is 3.88. The van der Waals surface area contributed by atoms with E-state index in [1.807, 2.05) is 22.8 Å². The van der Waals surface area contributed by atoms with E-state index in [1.54, 1.807) is 0 Å². The topological polar surface area (TPSA) is 17.8 Å². The number of nitrogens with zero attached hydrogens (tertiary/aromatic N) is 2. The van der Waals surface area contributed by atoms with Gasteiger partial charge in [0, 0.05) is 29.7 Å². The fourth-order valence-electron chi connectivity index (χ4n) is 2.27. The fraction of sp³-hybridized carbons (Fsp3) is 0.500. The zero-order valence-electron chi connectivity index (χ0n) is 11.3. The molecule has 0 saturated carbocycles. The minimum Gasteiger partial charge on any atom is -0.328 e. The van der Waals surface area contributed by atoms with Crippen molar-refractivity contribution in [1.82, 2.24) is 9.55 Å². The predicted molar refractivity (Wildman–Crippen MR) is 81.8 cm³/mol.